The van der Waals surface area contributed by atoms with Crippen molar-refractivity contribution >= 4 is 59.1 Å². The van der Waals surface area contributed by atoms with Crippen LogP contribution in [0.3, 0.4) is 0 Å². The lowest BCUT2D eigenvalue weighted by atomic mass is 9.90. The molecule has 0 aromatic heterocycles. The van der Waals surface area contributed by atoms with Crippen LogP contribution in [0.15, 0.2) is 61.0 Å². The summed E-state index contributed by atoms with van der Waals surface area (Å²) in [7, 11) is 3.38. The van der Waals surface area contributed by atoms with Crippen molar-refractivity contribution in [3.05, 3.63) is 61.0 Å². The molecule has 10 amide bonds. The van der Waals surface area contributed by atoms with Gasteiger partial charge < -0.3 is 58.5 Å². The lowest BCUT2D eigenvalue weighted by Gasteiger charge is -2.39. The van der Waals surface area contributed by atoms with Crippen LogP contribution >= 0.6 is 0 Å². The third-order valence-electron chi connectivity index (χ3n) is 22.2. The minimum atomic E-state index is -0.150. The van der Waals surface area contributed by atoms with Gasteiger partial charge in [-0.05, 0) is 92.5 Å². The molecule has 10 rings (SSSR count). The van der Waals surface area contributed by atoms with E-state index in [4.69, 9.17) is 22.3 Å². The number of methoxy groups -OCH3 is 2. The first kappa shape index (κ1) is 122. The summed E-state index contributed by atoms with van der Waals surface area (Å²) in [6.07, 6.45) is 29.4. The first-order chi connectivity index (χ1) is 60.0. The number of nitrogens with zero attached hydrogens (tertiary/aromatic N) is 10. The lowest BCUT2D eigenvalue weighted by molar-refractivity contribution is -0.145. The first-order valence-corrected chi connectivity index (χ1v) is 48.6. The molecule has 0 aromatic carbocycles. The van der Waals surface area contributed by atoms with Gasteiger partial charge in [0, 0.05) is 233 Å². The normalized spacial score (nSPS) is 18.4. The predicted molar refractivity (Wildman–Crippen MR) is 540 cm³/mol. The fourth-order valence-corrected chi connectivity index (χ4v) is 14.6. The van der Waals surface area contributed by atoms with E-state index in [0.29, 0.717) is 131 Å². The summed E-state index contributed by atoms with van der Waals surface area (Å²) >= 11 is 0. The molecule has 0 saturated carbocycles. The number of hydrogen-bond acceptors (Lipinski definition) is 12. The highest BCUT2D eigenvalue weighted by Crippen LogP contribution is 2.33. The monoisotopic (exact) mass is 1850 g/mol. The molecule has 0 radical (unpaired) electrons. The molecule has 754 valence electrons. The second-order valence-electron chi connectivity index (χ2n) is 50.7. The van der Waals surface area contributed by atoms with Crippen molar-refractivity contribution in [1.82, 2.24) is 49.0 Å². The number of halogens is 1. The van der Waals surface area contributed by atoms with E-state index < -0.39 is 0 Å². The zero-order valence-electron chi connectivity index (χ0n) is 90.2. The van der Waals surface area contributed by atoms with Gasteiger partial charge in [0.25, 0.3) is 0 Å². The summed E-state index contributed by atoms with van der Waals surface area (Å²) in [4.78, 5) is 135. The second-order valence-corrected chi connectivity index (χ2v) is 50.7. The average Bonchev–Trinajstić information content (AvgIpc) is 0.809. The van der Waals surface area contributed by atoms with Crippen LogP contribution in [-0.2, 0) is 57.4 Å². The maximum Gasteiger partial charge on any atom is 0.223 e. The molecule has 0 N–H and O–H groups in total. The Balaban J connectivity index is 0.000000734. The summed E-state index contributed by atoms with van der Waals surface area (Å²) < 4.78 is 22.7. The highest BCUT2D eigenvalue weighted by Gasteiger charge is 2.40. The summed E-state index contributed by atoms with van der Waals surface area (Å²) in [5, 5.41) is 0. The number of carbonyl (C=O) groups is 10. The van der Waals surface area contributed by atoms with E-state index in [9.17, 15) is 52.3 Å². The third-order valence-corrected chi connectivity index (χ3v) is 22.2. The van der Waals surface area contributed by atoms with Crippen LogP contribution in [0.1, 0.15) is 300 Å². The Hall–Kier alpha value is -7.63. The van der Waals surface area contributed by atoms with E-state index in [-0.39, 0.29) is 119 Å². The molecule has 10 fully saturated rings. The van der Waals surface area contributed by atoms with Crippen molar-refractivity contribution < 1.29 is 61.8 Å². The molecule has 0 aliphatic carbocycles. The lowest BCUT2D eigenvalue weighted by Crippen LogP contribution is -2.54. The zero-order chi connectivity index (χ0) is 102. The Labute approximate surface area is 803 Å². The predicted octanol–water partition coefficient (Wildman–Crippen LogP) is 19.0. The van der Waals surface area contributed by atoms with Gasteiger partial charge in [0.15, 0.2) is 0 Å². The van der Waals surface area contributed by atoms with E-state index >= 15 is 0 Å². The van der Waals surface area contributed by atoms with E-state index in [2.05, 4.69) is 243 Å². The average molecular weight is 1850 g/mol. The fraction of sp³-hybridized carbons (Fsp3) is 0.780. The molecule has 10 heterocycles. The van der Waals surface area contributed by atoms with Gasteiger partial charge in [-0.1, -0.05) is 263 Å². The number of carbonyl (C=O) groups excluding carboxylic acids is 10. The maximum absolute atomic E-state index is 12.5. The van der Waals surface area contributed by atoms with Gasteiger partial charge in [0.1, 0.15) is 0 Å². The maximum atomic E-state index is 12.5. The minimum Gasteiger partial charge on any atom is -0.378 e. The van der Waals surface area contributed by atoms with E-state index in [1.54, 1.807) is 25.2 Å². The first-order valence-electron chi connectivity index (χ1n) is 48.6. The zero-order valence-corrected chi connectivity index (χ0v) is 90.2. The van der Waals surface area contributed by atoms with Crippen LogP contribution < -0.4 is 0 Å². The fourth-order valence-electron chi connectivity index (χ4n) is 14.6. The smallest absolute Gasteiger partial charge is 0.223 e. The van der Waals surface area contributed by atoms with Crippen molar-refractivity contribution in [2.24, 2.45) is 95.6 Å². The minimum absolute atomic E-state index is 0.0357. The molecule has 10 aliphatic heterocycles. The quantitative estimate of drug-likeness (QED) is 0.104. The van der Waals surface area contributed by atoms with Gasteiger partial charge in [0.2, 0.25) is 59.1 Å². The molecule has 0 aromatic rings. The van der Waals surface area contributed by atoms with Crippen LogP contribution in [-0.4, -0.2) is 265 Å². The van der Waals surface area contributed by atoms with Crippen LogP contribution in [0.2, 0.25) is 0 Å². The highest BCUT2D eigenvalue weighted by atomic mass is 19.1. The highest BCUT2D eigenvalue weighted by molar-refractivity contribution is 5.82. The number of likely N-dealkylation sites (tertiary alicyclic amines) is 10. The van der Waals surface area contributed by atoms with Crippen LogP contribution in [0.4, 0.5) is 4.39 Å². The molecule has 0 bridgehead atoms. The molecule has 10 saturated heterocycles. The Morgan fingerprint density at radius 3 is 0.674 bits per heavy atom. The number of amides is 10. The molecule has 0 spiro atoms. The van der Waals surface area contributed by atoms with Crippen molar-refractivity contribution in [2.75, 3.05) is 145 Å². The molecule has 0 atom stereocenters. The van der Waals surface area contributed by atoms with Crippen molar-refractivity contribution in [3.8, 4) is 24.7 Å². The van der Waals surface area contributed by atoms with Crippen LogP contribution in [0, 0.1) is 120 Å². The number of hydrogen-bond donors (Lipinski definition) is 0. The number of ether oxygens (including phenoxy) is 2. The van der Waals surface area contributed by atoms with Crippen LogP contribution in [0.25, 0.3) is 0 Å². The molecular formula is C109H189FN10O12. The third kappa shape index (κ3) is 54.2. The Morgan fingerprint density at radius 1 is 0.326 bits per heavy atom. The molecule has 23 heteroatoms. The standard InChI is InChI=1S/C12H20FNO.2C12H21NO.C11H19NO.2C11H17NO.2C10H19NO2.C10H19NO.C10H17NO/c1-9(13)5-10-7-14(8-10)11(15)6-12(2,3)4;2*1-5-6-10-8-13(9-10)11(14)7-12(2,3)4;3*1-5-9-7-12(8-9)10(13)6-11(2,3)4;2*1-10(2,3)5-9(12)11-6-8(7-11)13-4;2*1-8-6-11(7-8)9(12)5-10(2,3)4/h5,10H,6-8H2,1-4H3;2*5-6,10H,7-9H2,1-4H3;5,9H,1,6-8H2,2-4H3;2*1,9H,6-8H2,2-4H3;2*8H,5-7H2,1-4H3;8H,5-7H2,1-4H3;1,5-7H2,2-4H3/b9-5-;2*6-5-;;;;;;;. The van der Waals surface area contributed by atoms with Crippen molar-refractivity contribution in [2.45, 2.75) is 312 Å². The van der Waals surface area contributed by atoms with E-state index in [1.807, 2.05) is 84.8 Å². The van der Waals surface area contributed by atoms with Crippen LogP contribution in [0.5, 0.6) is 0 Å². The van der Waals surface area contributed by atoms with Crippen molar-refractivity contribution in [1.29, 1.82) is 0 Å². The molecule has 10 aliphatic rings. The SMILES string of the molecule is C#CC1CN(C(=O)CC(C)(C)C)C1.C#CC1CN(C(=O)CC(C)(C)C)C1.C/C(F)=C/C1CN(C(=O)CC(C)(C)C)C1.C/C=C\C1CN(C(=O)CC(C)(C)C)C1.C/C=C\C1CN(C(=O)CC(C)(C)C)C1.C=C1CN(C(=O)CC(C)(C)C)C1.C=CC1CN(C(=O)CC(C)(C)C)C1.CC1CN(C(=O)CC(C)(C)C)C1.COC1CN(C(=O)CC(C)(C)C)C1.COC1CN(C(=O)CC(C)(C)C)C1. The topological polar surface area (TPSA) is 222 Å². The van der Waals surface area contributed by atoms with E-state index in [0.717, 1.165) is 123 Å². The molecular weight excluding hydrogens is 1660 g/mol. The Bertz CT molecular complexity index is 3670. The van der Waals surface area contributed by atoms with Gasteiger partial charge in [-0.15, -0.1) is 19.4 Å². The summed E-state index contributed by atoms with van der Waals surface area (Å²) in [6, 6.07) is 0. The molecule has 0 unspecified atom stereocenters. The number of terminal acetylenes is 2. The van der Waals surface area contributed by atoms with Gasteiger partial charge >= 0.3 is 0 Å². The number of rotatable bonds is 16. The summed E-state index contributed by atoms with van der Waals surface area (Å²) in [5.41, 5.74) is 2.12. The Morgan fingerprint density at radius 2 is 0.508 bits per heavy atom. The van der Waals surface area contributed by atoms with Gasteiger partial charge in [-0.25, -0.2) is 4.39 Å². The van der Waals surface area contributed by atoms with Crippen molar-refractivity contribution in [3.63, 3.8) is 0 Å². The summed E-state index contributed by atoms with van der Waals surface area (Å²) in [5.74, 6) is 11.0. The molecule has 22 nitrogen and oxygen atoms in total. The largest absolute Gasteiger partial charge is 0.378 e. The van der Waals surface area contributed by atoms with Gasteiger partial charge in [0.05, 0.1) is 29.9 Å². The summed E-state index contributed by atoms with van der Waals surface area (Å²) in [6.45, 7) is 94.1. The molecule has 132 heavy (non-hydrogen) atoms. The van der Waals surface area contributed by atoms with Gasteiger partial charge in [-0.2, -0.15) is 0 Å². The number of allylic oxidation sites excluding steroid dienone is 3. The van der Waals surface area contributed by atoms with Gasteiger partial charge in [-0.3, -0.25) is 47.9 Å². The second kappa shape index (κ2) is 53.8. The van der Waals surface area contributed by atoms with E-state index in [1.165, 1.54) is 6.92 Å². The Kier molecular flexibility index (Phi) is 49.8.